The quantitative estimate of drug-likeness (QED) is 0.809. The van der Waals surface area contributed by atoms with Crippen molar-refractivity contribution < 1.29 is 13.9 Å². The minimum atomic E-state index is -0.483. The van der Waals surface area contributed by atoms with Gasteiger partial charge in [-0.05, 0) is 32.9 Å². The fourth-order valence-corrected chi connectivity index (χ4v) is 3.49. The van der Waals surface area contributed by atoms with E-state index in [-0.39, 0.29) is 11.9 Å². The Morgan fingerprint density at radius 2 is 1.96 bits per heavy atom. The molecule has 0 unspecified atom stereocenters. The zero-order valence-corrected chi connectivity index (χ0v) is 15.5. The van der Waals surface area contributed by atoms with E-state index in [1.54, 1.807) is 11.0 Å². The Balaban J connectivity index is 1.61. The highest BCUT2D eigenvalue weighted by atomic mass is 32.1. The standard InChI is InChI=1S/C18H22FN3O2S/c1-18(2,3)24-17(23)22-9-7-21(8-10-22)16-20-15(12-25-16)13-5-4-6-14(19)11-13/h4-6,11-12H,7-10H2,1-3H3. The number of hydrogen-bond donors (Lipinski definition) is 0. The molecule has 0 spiro atoms. The van der Waals surface area contributed by atoms with Gasteiger partial charge >= 0.3 is 6.09 Å². The molecule has 0 atom stereocenters. The van der Waals surface area contributed by atoms with Crippen molar-refractivity contribution in [2.24, 2.45) is 0 Å². The summed E-state index contributed by atoms with van der Waals surface area (Å²) in [7, 11) is 0. The molecule has 1 saturated heterocycles. The average Bonchev–Trinajstić information content (AvgIpc) is 3.03. The Hall–Kier alpha value is -2.15. The van der Waals surface area contributed by atoms with Crippen LogP contribution < -0.4 is 4.90 Å². The third kappa shape index (κ3) is 4.48. The summed E-state index contributed by atoms with van der Waals surface area (Å²) in [5.41, 5.74) is 1.06. The van der Waals surface area contributed by atoms with E-state index in [0.29, 0.717) is 26.2 Å². The third-order valence-electron chi connectivity index (χ3n) is 3.81. The lowest BCUT2D eigenvalue weighted by molar-refractivity contribution is 0.0240. The van der Waals surface area contributed by atoms with Crippen LogP contribution in [0, 0.1) is 5.82 Å². The van der Waals surface area contributed by atoms with Crippen molar-refractivity contribution in [1.29, 1.82) is 0 Å². The summed E-state index contributed by atoms with van der Waals surface area (Å²) in [5, 5.41) is 2.83. The first-order valence-electron chi connectivity index (χ1n) is 8.26. The molecule has 0 bridgehead atoms. The normalized spacial score (nSPS) is 15.4. The van der Waals surface area contributed by atoms with Crippen LogP contribution in [-0.4, -0.2) is 47.8 Å². The van der Waals surface area contributed by atoms with E-state index < -0.39 is 5.60 Å². The highest BCUT2D eigenvalue weighted by Gasteiger charge is 2.26. The van der Waals surface area contributed by atoms with Crippen molar-refractivity contribution in [2.45, 2.75) is 26.4 Å². The second kappa shape index (κ2) is 7.00. The van der Waals surface area contributed by atoms with Gasteiger partial charge in [-0.15, -0.1) is 11.3 Å². The van der Waals surface area contributed by atoms with E-state index in [9.17, 15) is 9.18 Å². The van der Waals surface area contributed by atoms with Gasteiger partial charge in [-0.2, -0.15) is 0 Å². The molecule has 0 N–H and O–H groups in total. The first-order chi connectivity index (χ1) is 11.8. The Kier molecular flexibility index (Phi) is 4.94. The van der Waals surface area contributed by atoms with Crippen LogP contribution in [0.1, 0.15) is 20.8 Å². The van der Waals surface area contributed by atoms with E-state index >= 15 is 0 Å². The molecule has 1 aromatic heterocycles. The summed E-state index contributed by atoms with van der Waals surface area (Å²) in [5.74, 6) is -0.266. The molecule has 25 heavy (non-hydrogen) atoms. The molecule has 7 heteroatoms. The number of thiazole rings is 1. The van der Waals surface area contributed by atoms with Crippen LogP contribution in [0.5, 0.6) is 0 Å². The summed E-state index contributed by atoms with van der Waals surface area (Å²) in [4.78, 5) is 20.6. The van der Waals surface area contributed by atoms with Crippen LogP contribution in [0.15, 0.2) is 29.6 Å². The van der Waals surface area contributed by atoms with Crippen molar-refractivity contribution in [3.8, 4) is 11.3 Å². The number of halogens is 1. The van der Waals surface area contributed by atoms with Gasteiger partial charge < -0.3 is 14.5 Å². The molecule has 0 saturated carbocycles. The van der Waals surface area contributed by atoms with Gasteiger partial charge in [-0.3, -0.25) is 0 Å². The number of benzene rings is 1. The number of amides is 1. The van der Waals surface area contributed by atoms with Gasteiger partial charge in [0.1, 0.15) is 11.4 Å². The maximum atomic E-state index is 13.4. The van der Waals surface area contributed by atoms with Gasteiger partial charge in [0.25, 0.3) is 0 Å². The van der Waals surface area contributed by atoms with E-state index in [1.165, 1.54) is 23.5 Å². The number of nitrogens with zero attached hydrogens (tertiary/aromatic N) is 3. The number of aromatic nitrogens is 1. The number of rotatable bonds is 2. The molecular weight excluding hydrogens is 341 g/mol. The lowest BCUT2D eigenvalue weighted by atomic mass is 10.2. The van der Waals surface area contributed by atoms with Crippen LogP contribution in [-0.2, 0) is 4.74 Å². The number of ether oxygens (including phenoxy) is 1. The number of carbonyl (C=O) groups excluding carboxylic acids is 1. The molecule has 1 aliphatic heterocycles. The SMILES string of the molecule is CC(C)(C)OC(=O)N1CCN(c2nc(-c3cccc(F)c3)cs2)CC1. The lowest BCUT2D eigenvalue weighted by Gasteiger charge is -2.35. The summed E-state index contributed by atoms with van der Waals surface area (Å²) < 4.78 is 18.8. The van der Waals surface area contributed by atoms with E-state index in [4.69, 9.17) is 4.74 Å². The summed E-state index contributed by atoms with van der Waals surface area (Å²) >= 11 is 1.53. The lowest BCUT2D eigenvalue weighted by Crippen LogP contribution is -2.50. The Morgan fingerprint density at radius 1 is 1.24 bits per heavy atom. The minimum absolute atomic E-state index is 0.266. The molecule has 1 aliphatic rings. The van der Waals surface area contributed by atoms with E-state index in [1.807, 2.05) is 32.2 Å². The van der Waals surface area contributed by atoms with Crippen LogP contribution >= 0.6 is 11.3 Å². The largest absolute Gasteiger partial charge is 0.444 e. The van der Waals surface area contributed by atoms with Gasteiger partial charge in [-0.1, -0.05) is 12.1 Å². The molecule has 0 aliphatic carbocycles. The second-order valence-corrected chi connectivity index (χ2v) is 7.82. The predicted octanol–water partition coefficient (Wildman–Crippen LogP) is 4.01. The van der Waals surface area contributed by atoms with Gasteiger partial charge in [0.15, 0.2) is 5.13 Å². The molecule has 1 amide bonds. The summed E-state index contributed by atoms with van der Waals surface area (Å²) in [6, 6.07) is 6.44. The summed E-state index contributed by atoms with van der Waals surface area (Å²) in [6.45, 7) is 8.21. The number of carbonyl (C=O) groups is 1. The van der Waals surface area contributed by atoms with Crippen molar-refractivity contribution in [3.05, 3.63) is 35.5 Å². The summed E-state index contributed by atoms with van der Waals surface area (Å²) in [6.07, 6.45) is -0.272. The zero-order valence-electron chi connectivity index (χ0n) is 14.7. The van der Waals surface area contributed by atoms with Crippen molar-refractivity contribution in [2.75, 3.05) is 31.1 Å². The monoisotopic (exact) mass is 363 g/mol. The number of anilines is 1. The molecule has 0 radical (unpaired) electrons. The third-order valence-corrected chi connectivity index (χ3v) is 4.72. The van der Waals surface area contributed by atoms with Crippen molar-refractivity contribution >= 4 is 22.6 Å². The van der Waals surface area contributed by atoms with Crippen LogP contribution in [0.3, 0.4) is 0 Å². The van der Waals surface area contributed by atoms with Crippen molar-refractivity contribution in [1.82, 2.24) is 9.88 Å². The number of hydrogen-bond acceptors (Lipinski definition) is 5. The Bertz CT molecular complexity index is 749. The number of piperazine rings is 1. The second-order valence-electron chi connectivity index (χ2n) is 6.98. The van der Waals surface area contributed by atoms with E-state index in [2.05, 4.69) is 9.88 Å². The fraction of sp³-hybridized carbons (Fsp3) is 0.444. The van der Waals surface area contributed by atoms with Crippen LogP contribution in [0.2, 0.25) is 0 Å². The smallest absolute Gasteiger partial charge is 0.410 e. The maximum Gasteiger partial charge on any atom is 0.410 e. The molecule has 134 valence electrons. The van der Waals surface area contributed by atoms with E-state index in [0.717, 1.165) is 16.4 Å². The topological polar surface area (TPSA) is 45.7 Å². The highest BCUT2D eigenvalue weighted by Crippen LogP contribution is 2.28. The first-order valence-corrected chi connectivity index (χ1v) is 9.14. The van der Waals surface area contributed by atoms with Crippen LogP contribution in [0.4, 0.5) is 14.3 Å². The van der Waals surface area contributed by atoms with Gasteiger partial charge in [-0.25, -0.2) is 14.2 Å². The predicted molar refractivity (Wildman–Crippen MR) is 97.5 cm³/mol. The molecular formula is C18H22FN3O2S. The molecule has 2 aromatic rings. The van der Waals surface area contributed by atoms with Gasteiger partial charge in [0, 0.05) is 37.1 Å². The molecule has 1 fully saturated rings. The Labute approximate surface area is 151 Å². The highest BCUT2D eigenvalue weighted by molar-refractivity contribution is 7.14. The fourth-order valence-electron chi connectivity index (χ4n) is 2.60. The maximum absolute atomic E-state index is 13.4. The van der Waals surface area contributed by atoms with Gasteiger partial charge in [0.2, 0.25) is 0 Å². The molecule has 3 rings (SSSR count). The Morgan fingerprint density at radius 3 is 2.60 bits per heavy atom. The average molecular weight is 363 g/mol. The molecule has 1 aromatic carbocycles. The zero-order chi connectivity index (χ0) is 18.0. The first kappa shape index (κ1) is 17.7. The minimum Gasteiger partial charge on any atom is -0.444 e. The van der Waals surface area contributed by atoms with Crippen molar-refractivity contribution in [3.63, 3.8) is 0 Å². The van der Waals surface area contributed by atoms with Gasteiger partial charge in [0.05, 0.1) is 5.69 Å². The molecule has 2 heterocycles. The molecule has 5 nitrogen and oxygen atoms in total. The van der Waals surface area contributed by atoms with Crippen LogP contribution in [0.25, 0.3) is 11.3 Å².